The van der Waals surface area contributed by atoms with Crippen LogP contribution in [0.15, 0.2) is 42.5 Å². The lowest BCUT2D eigenvalue weighted by Crippen LogP contribution is -1.95. The monoisotopic (exact) mass is 253 g/mol. The van der Waals surface area contributed by atoms with Crippen molar-refractivity contribution in [3.63, 3.8) is 0 Å². The average Bonchev–Trinajstić information content (AvgIpc) is 2.90. The van der Waals surface area contributed by atoms with Gasteiger partial charge in [-0.05, 0) is 17.7 Å². The molecule has 0 unspecified atom stereocenters. The fourth-order valence-corrected chi connectivity index (χ4v) is 2.05. The number of hydrogen-bond acceptors (Lipinski definition) is 3. The van der Waals surface area contributed by atoms with Gasteiger partial charge in [-0.2, -0.15) is 0 Å². The van der Waals surface area contributed by atoms with Gasteiger partial charge in [0.15, 0.2) is 0 Å². The molecule has 0 aliphatic carbocycles. The third-order valence-electron chi connectivity index (χ3n) is 3.15. The number of nitrogens with two attached hydrogens (primary N) is 1. The highest BCUT2D eigenvalue weighted by Gasteiger charge is 2.06. The molecule has 3 aromatic rings. The van der Waals surface area contributed by atoms with E-state index in [0.29, 0.717) is 6.54 Å². The zero-order chi connectivity index (χ0) is 13.2. The van der Waals surface area contributed by atoms with Crippen molar-refractivity contribution in [2.75, 3.05) is 7.11 Å². The summed E-state index contributed by atoms with van der Waals surface area (Å²) < 4.78 is 5.21. The topological polar surface area (TPSA) is 63.9 Å². The molecule has 0 spiro atoms. The van der Waals surface area contributed by atoms with E-state index < -0.39 is 0 Å². The molecular weight excluding hydrogens is 238 g/mol. The van der Waals surface area contributed by atoms with Crippen molar-refractivity contribution >= 4 is 11.0 Å². The van der Waals surface area contributed by atoms with Gasteiger partial charge >= 0.3 is 0 Å². The SMILES string of the molecule is COc1ccc2nc(-c3ccc(CN)cc3)[nH]c2c1. The standard InChI is InChI=1S/C15H15N3O/c1-19-12-6-7-13-14(8-12)18-15(17-13)11-4-2-10(9-16)3-5-11/h2-8H,9,16H2,1H3,(H,17,18). The molecule has 0 aliphatic rings. The molecule has 0 bridgehead atoms. The minimum atomic E-state index is 0.553. The molecule has 0 amide bonds. The molecule has 1 aromatic heterocycles. The van der Waals surface area contributed by atoms with Crippen molar-refractivity contribution in [3.8, 4) is 17.1 Å². The molecule has 0 saturated carbocycles. The summed E-state index contributed by atoms with van der Waals surface area (Å²) in [5.41, 5.74) is 9.65. The molecule has 0 radical (unpaired) electrons. The van der Waals surface area contributed by atoms with Crippen molar-refractivity contribution in [2.45, 2.75) is 6.54 Å². The van der Waals surface area contributed by atoms with Gasteiger partial charge in [-0.25, -0.2) is 4.98 Å². The minimum Gasteiger partial charge on any atom is -0.497 e. The number of aromatic nitrogens is 2. The minimum absolute atomic E-state index is 0.553. The fourth-order valence-electron chi connectivity index (χ4n) is 2.05. The first-order chi connectivity index (χ1) is 9.30. The molecule has 0 saturated heterocycles. The highest BCUT2D eigenvalue weighted by molar-refractivity contribution is 5.80. The van der Waals surface area contributed by atoms with Gasteiger partial charge in [-0.3, -0.25) is 0 Å². The van der Waals surface area contributed by atoms with Crippen LogP contribution in [0, 0.1) is 0 Å². The molecular formula is C15H15N3O. The van der Waals surface area contributed by atoms with Gasteiger partial charge in [0.1, 0.15) is 11.6 Å². The molecule has 19 heavy (non-hydrogen) atoms. The second kappa shape index (κ2) is 4.74. The van der Waals surface area contributed by atoms with Gasteiger partial charge < -0.3 is 15.5 Å². The van der Waals surface area contributed by atoms with Gasteiger partial charge in [0.2, 0.25) is 0 Å². The third kappa shape index (κ3) is 2.18. The predicted octanol–water partition coefficient (Wildman–Crippen LogP) is 2.70. The van der Waals surface area contributed by atoms with Crippen LogP contribution in [0.4, 0.5) is 0 Å². The van der Waals surface area contributed by atoms with Crippen LogP contribution in [0.2, 0.25) is 0 Å². The maximum Gasteiger partial charge on any atom is 0.138 e. The number of rotatable bonds is 3. The zero-order valence-electron chi connectivity index (χ0n) is 10.7. The summed E-state index contributed by atoms with van der Waals surface area (Å²) in [5, 5.41) is 0. The summed E-state index contributed by atoms with van der Waals surface area (Å²) in [6, 6.07) is 13.9. The van der Waals surface area contributed by atoms with Gasteiger partial charge in [0.25, 0.3) is 0 Å². The number of benzene rings is 2. The first-order valence-corrected chi connectivity index (χ1v) is 6.13. The molecule has 0 fully saturated rings. The predicted molar refractivity (Wildman–Crippen MR) is 76.0 cm³/mol. The van der Waals surface area contributed by atoms with E-state index in [4.69, 9.17) is 10.5 Å². The van der Waals surface area contributed by atoms with Crippen molar-refractivity contribution in [1.29, 1.82) is 0 Å². The number of nitrogens with zero attached hydrogens (tertiary/aromatic N) is 1. The highest BCUT2D eigenvalue weighted by atomic mass is 16.5. The summed E-state index contributed by atoms with van der Waals surface area (Å²) in [6.07, 6.45) is 0. The molecule has 3 N–H and O–H groups in total. The fraction of sp³-hybridized carbons (Fsp3) is 0.133. The van der Waals surface area contributed by atoms with E-state index >= 15 is 0 Å². The first kappa shape index (κ1) is 11.7. The maximum atomic E-state index is 5.59. The normalized spacial score (nSPS) is 10.8. The highest BCUT2D eigenvalue weighted by Crippen LogP contribution is 2.23. The van der Waals surface area contributed by atoms with Gasteiger partial charge in [-0.15, -0.1) is 0 Å². The summed E-state index contributed by atoms with van der Waals surface area (Å²) in [7, 11) is 1.66. The van der Waals surface area contributed by atoms with E-state index in [1.165, 1.54) is 0 Å². The number of imidazole rings is 1. The Morgan fingerprint density at radius 2 is 1.95 bits per heavy atom. The van der Waals surface area contributed by atoms with Crippen LogP contribution < -0.4 is 10.5 Å². The number of ether oxygens (including phenoxy) is 1. The van der Waals surface area contributed by atoms with Crippen molar-refractivity contribution in [2.24, 2.45) is 5.73 Å². The number of methoxy groups -OCH3 is 1. The van der Waals surface area contributed by atoms with E-state index in [1.807, 2.05) is 42.5 Å². The van der Waals surface area contributed by atoms with Crippen LogP contribution in [-0.2, 0) is 6.54 Å². The lowest BCUT2D eigenvalue weighted by molar-refractivity contribution is 0.415. The van der Waals surface area contributed by atoms with E-state index in [0.717, 1.165) is 33.7 Å². The summed E-state index contributed by atoms with van der Waals surface area (Å²) in [5.74, 6) is 1.67. The van der Waals surface area contributed by atoms with E-state index in [1.54, 1.807) is 7.11 Å². The molecule has 2 aromatic carbocycles. The Morgan fingerprint density at radius 1 is 1.16 bits per heavy atom. The van der Waals surface area contributed by atoms with E-state index in [9.17, 15) is 0 Å². The molecule has 4 nitrogen and oxygen atoms in total. The molecule has 3 rings (SSSR count). The van der Waals surface area contributed by atoms with Crippen LogP contribution in [-0.4, -0.2) is 17.1 Å². The Kier molecular flexibility index (Phi) is 2.93. The van der Waals surface area contributed by atoms with E-state index in [2.05, 4.69) is 9.97 Å². The maximum absolute atomic E-state index is 5.59. The van der Waals surface area contributed by atoms with Gasteiger partial charge in [-0.1, -0.05) is 24.3 Å². The molecule has 1 heterocycles. The largest absolute Gasteiger partial charge is 0.497 e. The van der Waals surface area contributed by atoms with Crippen molar-refractivity contribution in [3.05, 3.63) is 48.0 Å². The Balaban J connectivity index is 2.04. The van der Waals surface area contributed by atoms with Crippen molar-refractivity contribution in [1.82, 2.24) is 9.97 Å². The summed E-state index contributed by atoms with van der Waals surface area (Å²) in [6.45, 7) is 0.553. The van der Waals surface area contributed by atoms with Crippen LogP contribution in [0.5, 0.6) is 5.75 Å². The Labute approximate surface area is 111 Å². The number of fused-ring (bicyclic) bond motifs is 1. The molecule has 0 atom stereocenters. The number of H-pyrrole nitrogens is 1. The number of hydrogen-bond donors (Lipinski definition) is 2. The van der Waals surface area contributed by atoms with E-state index in [-0.39, 0.29) is 0 Å². The second-order valence-corrected chi connectivity index (χ2v) is 4.37. The quantitative estimate of drug-likeness (QED) is 0.754. The smallest absolute Gasteiger partial charge is 0.138 e. The Morgan fingerprint density at radius 3 is 2.63 bits per heavy atom. The Hall–Kier alpha value is -2.33. The van der Waals surface area contributed by atoms with Crippen LogP contribution in [0.3, 0.4) is 0 Å². The van der Waals surface area contributed by atoms with Crippen LogP contribution >= 0.6 is 0 Å². The van der Waals surface area contributed by atoms with Gasteiger partial charge in [0.05, 0.1) is 18.1 Å². The van der Waals surface area contributed by atoms with Gasteiger partial charge in [0, 0.05) is 18.2 Å². The van der Waals surface area contributed by atoms with Crippen LogP contribution in [0.25, 0.3) is 22.4 Å². The third-order valence-corrected chi connectivity index (χ3v) is 3.15. The lowest BCUT2D eigenvalue weighted by Gasteiger charge is -1.99. The second-order valence-electron chi connectivity index (χ2n) is 4.37. The van der Waals surface area contributed by atoms with Crippen molar-refractivity contribution < 1.29 is 4.74 Å². The average molecular weight is 253 g/mol. The first-order valence-electron chi connectivity index (χ1n) is 6.13. The summed E-state index contributed by atoms with van der Waals surface area (Å²) >= 11 is 0. The summed E-state index contributed by atoms with van der Waals surface area (Å²) in [4.78, 5) is 7.87. The molecule has 96 valence electrons. The number of aromatic amines is 1. The lowest BCUT2D eigenvalue weighted by atomic mass is 10.1. The Bertz CT molecular complexity index is 701. The molecule has 0 aliphatic heterocycles. The van der Waals surface area contributed by atoms with Crippen LogP contribution in [0.1, 0.15) is 5.56 Å². The molecule has 4 heteroatoms. The zero-order valence-corrected chi connectivity index (χ0v) is 10.7. The number of nitrogens with one attached hydrogen (secondary N) is 1.